The molecule has 1 N–H and O–H groups in total. The number of ketones is 1. The molecule has 0 aliphatic carbocycles. The van der Waals surface area contributed by atoms with Gasteiger partial charge in [-0.1, -0.05) is 32.9 Å². The van der Waals surface area contributed by atoms with E-state index in [0.717, 1.165) is 11.1 Å². The van der Waals surface area contributed by atoms with E-state index in [1.165, 1.54) is 4.90 Å². The van der Waals surface area contributed by atoms with Crippen LogP contribution < -0.4 is 4.90 Å². The number of rotatable bonds is 3. The first kappa shape index (κ1) is 22.9. The molecule has 1 amide bonds. The highest BCUT2D eigenvalue weighted by Crippen LogP contribution is 2.42. The van der Waals surface area contributed by atoms with E-state index in [0.29, 0.717) is 22.4 Å². The molecule has 1 atom stereocenters. The van der Waals surface area contributed by atoms with E-state index in [2.05, 4.69) is 31.8 Å². The Morgan fingerprint density at radius 3 is 2.26 bits per heavy atom. The second kappa shape index (κ2) is 8.60. The third-order valence-electron chi connectivity index (χ3n) is 6.10. The van der Waals surface area contributed by atoms with Gasteiger partial charge >= 0.3 is 0 Å². The standard InChI is InChI=1S/C28H25N3O3/c1-17-5-8-20(28(2,3)4)15-22(17)25(32)23-24(19-11-13-30-14-12-19)31(27(34)26(23)33)21-9-6-18(16-29)7-10-21/h5-15,24,32H,1-4H3/b25-23+. The van der Waals surface area contributed by atoms with Crippen LogP contribution in [0.25, 0.3) is 5.76 Å². The van der Waals surface area contributed by atoms with Gasteiger partial charge in [0.15, 0.2) is 0 Å². The van der Waals surface area contributed by atoms with Crippen molar-refractivity contribution in [2.45, 2.75) is 39.2 Å². The lowest BCUT2D eigenvalue weighted by Crippen LogP contribution is -2.29. The summed E-state index contributed by atoms with van der Waals surface area (Å²) >= 11 is 0. The average molecular weight is 452 g/mol. The van der Waals surface area contributed by atoms with Crippen LogP contribution in [0.5, 0.6) is 0 Å². The minimum atomic E-state index is -0.839. The molecule has 0 radical (unpaired) electrons. The van der Waals surface area contributed by atoms with Crippen LogP contribution in [0, 0.1) is 18.3 Å². The van der Waals surface area contributed by atoms with E-state index < -0.39 is 17.7 Å². The van der Waals surface area contributed by atoms with Gasteiger partial charge in [0.05, 0.1) is 23.2 Å². The maximum Gasteiger partial charge on any atom is 0.300 e. The topological polar surface area (TPSA) is 94.3 Å². The van der Waals surface area contributed by atoms with E-state index in [-0.39, 0.29) is 16.7 Å². The van der Waals surface area contributed by atoms with Crippen molar-refractivity contribution in [1.82, 2.24) is 4.98 Å². The van der Waals surface area contributed by atoms with Crippen LogP contribution >= 0.6 is 0 Å². The molecule has 6 nitrogen and oxygen atoms in total. The third kappa shape index (κ3) is 3.97. The Bertz CT molecular complexity index is 1340. The van der Waals surface area contributed by atoms with Gasteiger partial charge in [-0.2, -0.15) is 5.26 Å². The lowest BCUT2D eigenvalue weighted by Gasteiger charge is -2.26. The summed E-state index contributed by atoms with van der Waals surface area (Å²) in [5.41, 5.74) is 3.72. The fourth-order valence-electron chi connectivity index (χ4n) is 4.15. The molecule has 2 heterocycles. The summed E-state index contributed by atoms with van der Waals surface area (Å²) in [5, 5.41) is 20.6. The maximum absolute atomic E-state index is 13.3. The van der Waals surface area contributed by atoms with Gasteiger partial charge < -0.3 is 5.11 Å². The Labute approximate surface area is 198 Å². The van der Waals surface area contributed by atoms with Crippen LogP contribution in [0.1, 0.15) is 54.6 Å². The lowest BCUT2D eigenvalue weighted by atomic mass is 9.84. The van der Waals surface area contributed by atoms with E-state index in [9.17, 15) is 14.7 Å². The van der Waals surface area contributed by atoms with E-state index in [4.69, 9.17) is 5.26 Å². The smallest absolute Gasteiger partial charge is 0.300 e. The number of hydrogen-bond donors (Lipinski definition) is 1. The van der Waals surface area contributed by atoms with Crippen LogP contribution in [0.2, 0.25) is 0 Å². The highest BCUT2D eigenvalue weighted by Gasteiger charge is 2.47. The summed E-state index contributed by atoms with van der Waals surface area (Å²) in [6.07, 6.45) is 3.17. The predicted molar refractivity (Wildman–Crippen MR) is 130 cm³/mol. The zero-order valence-electron chi connectivity index (χ0n) is 19.5. The molecule has 0 saturated carbocycles. The van der Waals surface area contributed by atoms with E-state index >= 15 is 0 Å². The van der Waals surface area contributed by atoms with Crippen LogP contribution in [-0.2, 0) is 15.0 Å². The first-order valence-electron chi connectivity index (χ1n) is 11.0. The summed E-state index contributed by atoms with van der Waals surface area (Å²) < 4.78 is 0. The van der Waals surface area contributed by atoms with Gasteiger partial charge in [-0.25, -0.2) is 0 Å². The first-order chi connectivity index (χ1) is 16.1. The second-order valence-electron chi connectivity index (χ2n) is 9.39. The van der Waals surface area contributed by atoms with Crippen molar-refractivity contribution in [2.75, 3.05) is 4.90 Å². The monoisotopic (exact) mass is 451 g/mol. The van der Waals surface area contributed by atoms with Crippen molar-refractivity contribution in [3.05, 3.63) is 100 Å². The Balaban J connectivity index is 1.96. The van der Waals surface area contributed by atoms with Crippen molar-refractivity contribution in [1.29, 1.82) is 5.26 Å². The summed E-state index contributed by atoms with van der Waals surface area (Å²) in [6, 6.07) is 16.9. The van der Waals surface area contributed by atoms with E-state index in [1.54, 1.807) is 48.8 Å². The zero-order valence-corrected chi connectivity index (χ0v) is 19.5. The number of hydrogen-bond acceptors (Lipinski definition) is 5. The lowest BCUT2D eigenvalue weighted by molar-refractivity contribution is -0.132. The second-order valence-corrected chi connectivity index (χ2v) is 9.39. The van der Waals surface area contributed by atoms with Crippen molar-refractivity contribution in [3.8, 4) is 6.07 Å². The van der Waals surface area contributed by atoms with Gasteiger partial charge in [0.25, 0.3) is 11.7 Å². The minimum Gasteiger partial charge on any atom is -0.507 e. The van der Waals surface area contributed by atoms with Crippen LogP contribution in [-0.4, -0.2) is 21.8 Å². The van der Waals surface area contributed by atoms with Gasteiger partial charge in [-0.3, -0.25) is 19.5 Å². The molecular formula is C28H25N3O3. The van der Waals surface area contributed by atoms with Crippen LogP contribution in [0.15, 0.2) is 72.6 Å². The number of aliphatic hydroxyl groups excluding tert-OH is 1. The number of aryl methyl sites for hydroxylation is 1. The number of aliphatic hydroxyl groups is 1. The SMILES string of the molecule is Cc1ccc(C(C)(C)C)cc1/C(O)=C1\C(=O)C(=O)N(c2ccc(C#N)cc2)C1c1ccncc1. The molecule has 2 aromatic carbocycles. The largest absolute Gasteiger partial charge is 0.507 e. The molecule has 1 aliphatic rings. The Hall–Kier alpha value is -4.24. The van der Waals surface area contributed by atoms with Gasteiger partial charge in [0.1, 0.15) is 5.76 Å². The molecule has 1 aromatic heterocycles. The number of pyridine rings is 1. The molecule has 4 rings (SSSR count). The Kier molecular flexibility index (Phi) is 5.80. The quantitative estimate of drug-likeness (QED) is 0.336. The summed E-state index contributed by atoms with van der Waals surface area (Å²) in [4.78, 5) is 32.0. The Morgan fingerprint density at radius 1 is 1.03 bits per heavy atom. The van der Waals surface area contributed by atoms with Crippen molar-refractivity contribution in [3.63, 3.8) is 0 Å². The molecule has 3 aromatic rings. The van der Waals surface area contributed by atoms with Crippen molar-refractivity contribution >= 4 is 23.1 Å². The van der Waals surface area contributed by atoms with Gasteiger partial charge in [-0.15, -0.1) is 0 Å². The number of nitrogens with zero attached hydrogens (tertiary/aromatic N) is 3. The highest BCUT2D eigenvalue weighted by atomic mass is 16.3. The Morgan fingerprint density at radius 2 is 1.68 bits per heavy atom. The molecule has 1 fully saturated rings. The van der Waals surface area contributed by atoms with E-state index in [1.807, 2.05) is 25.1 Å². The number of aromatic nitrogens is 1. The minimum absolute atomic E-state index is 0.0229. The van der Waals surface area contributed by atoms with Gasteiger partial charge in [-0.05, 0) is 71.5 Å². The molecule has 0 bridgehead atoms. The third-order valence-corrected chi connectivity index (χ3v) is 6.10. The number of carbonyl (C=O) groups excluding carboxylic acids is 2. The molecule has 1 saturated heterocycles. The fourth-order valence-corrected chi connectivity index (χ4v) is 4.15. The molecule has 34 heavy (non-hydrogen) atoms. The molecule has 1 unspecified atom stereocenters. The number of benzene rings is 2. The molecule has 170 valence electrons. The zero-order chi connectivity index (χ0) is 24.6. The normalized spacial score (nSPS) is 17.6. The number of nitriles is 1. The average Bonchev–Trinajstić information content (AvgIpc) is 3.09. The maximum atomic E-state index is 13.3. The summed E-state index contributed by atoms with van der Waals surface area (Å²) in [6.45, 7) is 8.08. The molecule has 6 heteroatoms. The molecule has 0 spiro atoms. The summed E-state index contributed by atoms with van der Waals surface area (Å²) in [5.74, 6) is -1.71. The highest BCUT2D eigenvalue weighted by molar-refractivity contribution is 6.51. The number of carbonyl (C=O) groups is 2. The number of amides is 1. The summed E-state index contributed by atoms with van der Waals surface area (Å²) in [7, 11) is 0. The molecular weight excluding hydrogens is 426 g/mol. The fraction of sp³-hybridized carbons (Fsp3) is 0.214. The van der Waals surface area contributed by atoms with Crippen LogP contribution in [0.4, 0.5) is 5.69 Å². The van der Waals surface area contributed by atoms with Crippen LogP contribution in [0.3, 0.4) is 0 Å². The van der Waals surface area contributed by atoms with Crippen molar-refractivity contribution in [2.24, 2.45) is 0 Å². The predicted octanol–water partition coefficient (Wildman–Crippen LogP) is 5.19. The van der Waals surface area contributed by atoms with Gasteiger partial charge in [0, 0.05) is 23.6 Å². The number of Topliss-reactive ketones (excluding diaryl/α,β-unsaturated/α-hetero) is 1. The first-order valence-corrected chi connectivity index (χ1v) is 11.0. The van der Waals surface area contributed by atoms with Crippen molar-refractivity contribution < 1.29 is 14.7 Å². The van der Waals surface area contributed by atoms with Gasteiger partial charge in [0.2, 0.25) is 0 Å². The number of anilines is 1. The molecule has 1 aliphatic heterocycles.